The molecule has 18 heavy (non-hydrogen) atoms. The topological polar surface area (TPSA) is 49.4 Å². The van der Waals surface area contributed by atoms with Crippen molar-refractivity contribution >= 4 is 34.9 Å². The lowest BCUT2D eigenvalue weighted by Crippen LogP contribution is -2.39. The Balaban J connectivity index is 1.67. The normalized spacial score (nSPS) is 23.4. The summed E-state index contributed by atoms with van der Waals surface area (Å²) in [5.74, 6) is 0.499. The van der Waals surface area contributed by atoms with E-state index in [4.69, 9.17) is 0 Å². The van der Waals surface area contributed by atoms with Crippen LogP contribution in [0.25, 0.3) is 0 Å². The van der Waals surface area contributed by atoms with E-state index >= 15 is 0 Å². The number of amides is 2. The molecule has 2 heterocycles. The zero-order chi connectivity index (χ0) is 12.5. The van der Waals surface area contributed by atoms with Crippen LogP contribution in [0.2, 0.25) is 0 Å². The molecule has 0 spiro atoms. The van der Waals surface area contributed by atoms with Crippen molar-refractivity contribution in [3.8, 4) is 0 Å². The second-order valence-electron chi connectivity index (χ2n) is 4.54. The van der Waals surface area contributed by atoms with Crippen LogP contribution in [-0.2, 0) is 9.59 Å². The molecule has 0 aromatic carbocycles. The minimum absolute atomic E-state index is 0.0162. The second-order valence-corrected chi connectivity index (χ2v) is 6.59. The number of rotatable bonds is 4. The highest BCUT2D eigenvalue weighted by atomic mass is 32.2. The van der Waals surface area contributed by atoms with Gasteiger partial charge in [-0.05, 0) is 24.3 Å². The quantitative estimate of drug-likeness (QED) is 0.912. The molecule has 4 nitrogen and oxygen atoms in total. The molecule has 1 saturated carbocycles. The minimum Gasteiger partial charge on any atom is -0.352 e. The van der Waals surface area contributed by atoms with E-state index in [1.165, 1.54) is 0 Å². The van der Waals surface area contributed by atoms with Crippen molar-refractivity contribution in [2.75, 3.05) is 12.3 Å². The number of hydrogen-bond acceptors (Lipinski definition) is 4. The molecule has 2 aliphatic rings. The third-order valence-electron chi connectivity index (χ3n) is 3.01. The zero-order valence-corrected chi connectivity index (χ0v) is 11.4. The average molecular weight is 282 g/mol. The van der Waals surface area contributed by atoms with Gasteiger partial charge in [-0.3, -0.25) is 9.59 Å². The zero-order valence-electron chi connectivity index (χ0n) is 9.80. The van der Waals surface area contributed by atoms with Crippen LogP contribution >= 0.6 is 23.1 Å². The first-order valence-electron chi connectivity index (χ1n) is 5.98. The molecule has 1 saturated heterocycles. The SMILES string of the molecule is O=C(CN1C(=O)CSC1c1cccs1)NC1CC1. The Kier molecular flexibility index (Phi) is 3.30. The molecule has 96 valence electrons. The molecule has 2 amide bonds. The molecule has 1 aromatic heterocycles. The van der Waals surface area contributed by atoms with Crippen LogP contribution in [0.5, 0.6) is 0 Å². The van der Waals surface area contributed by atoms with Gasteiger partial charge in [-0.25, -0.2) is 0 Å². The average Bonchev–Trinajstić information content (AvgIpc) is 2.87. The fraction of sp³-hybridized carbons (Fsp3) is 0.500. The maximum absolute atomic E-state index is 11.8. The maximum Gasteiger partial charge on any atom is 0.239 e. The van der Waals surface area contributed by atoms with Crippen LogP contribution in [0.3, 0.4) is 0 Å². The summed E-state index contributed by atoms with van der Waals surface area (Å²) in [6.07, 6.45) is 2.14. The van der Waals surface area contributed by atoms with Gasteiger partial charge in [-0.2, -0.15) is 0 Å². The predicted octanol–water partition coefficient (Wildman–Crippen LogP) is 1.60. The van der Waals surface area contributed by atoms with E-state index in [1.807, 2.05) is 17.5 Å². The molecule has 1 aromatic rings. The van der Waals surface area contributed by atoms with Crippen molar-refractivity contribution in [1.82, 2.24) is 10.2 Å². The highest BCUT2D eigenvalue weighted by Crippen LogP contribution is 2.40. The van der Waals surface area contributed by atoms with E-state index in [1.54, 1.807) is 28.0 Å². The number of thioether (sulfide) groups is 1. The smallest absolute Gasteiger partial charge is 0.239 e. The minimum atomic E-state index is -0.0325. The molecule has 1 unspecified atom stereocenters. The monoisotopic (exact) mass is 282 g/mol. The molecule has 1 aliphatic carbocycles. The van der Waals surface area contributed by atoms with Crippen molar-refractivity contribution in [2.45, 2.75) is 24.3 Å². The first-order valence-corrected chi connectivity index (χ1v) is 7.91. The van der Waals surface area contributed by atoms with Crippen LogP contribution in [0.15, 0.2) is 17.5 Å². The van der Waals surface area contributed by atoms with Crippen LogP contribution in [0.1, 0.15) is 23.1 Å². The number of nitrogens with zero attached hydrogens (tertiary/aromatic N) is 1. The van der Waals surface area contributed by atoms with Crippen molar-refractivity contribution in [2.24, 2.45) is 0 Å². The molecule has 6 heteroatoms. The first kappa shape index (κ1) is 12.0. The fourth-order valence-corrected chi connectivity index (χ4v) is 4.12. The standard InChI is InChI=1S/C12H14N2O2S2/c15-10(13-8-3-4-8)6-14-11(16)7-18-12(14)9-2-1-5-17-9/h1-2,5,8,12H,3-4,6-7H2,(H,13,15). The summed E-state index contributed by atoms with van der Waals surface area (Å²) in [7, 11) is 0. The van der Waals surface area contributed by atoms with Gasteiger partial charge in [0.05, 0.1) is 5.75 Å². The molecule has 1 aliphatic heterocycles. The summed E-state index contributed by atoms with van der Waals surface area (Å²) >= 11 is 3.23. The van der Waals surface area contributed by atoms with Crippen molar-refractivity contribution in [3.05, 3.63) is 22.4 Å². The molecule has 0 radical (unpaired) electrons. The summed E-state index contributed by atoms with van der Waals surface area (Å²) in [4.78, 5) is 26.5. The number of carbonyl (C=O) groups is 2. The highest BCUT2D eigenvalue weighted by molar-refractivity contribution is 8.00. The van der Waals surface area contributed by atoms with Crippen molar-refractivity contribution in [3.63, 3.8) is 0 Å². The molecular weight excluding hydrogens is 268 g/mol. The third kappa shape index (κ3) is 2.54. The Labute approximate surface area is 114 Å². The van der Waals surface area contributed by atoms with Gasteiger partial charge in [0.1, 0.15) is 11.9 Å². The highest BCUT2D eigenvalue weighted by Gasteiger charge is 2.35. The van der Waals surface area contributed by atoms with E-state index < -0.39 is 0 Å². The van der Waals surface area contributed by atoms with Crippen LogP contribution in [-0.4, -0.2) is 35.1 Å². The Morgan fingerprint density at radius 3 is 3.00 bits per heavy atom. The summed E-state index contributed by atoms with van der Waals surface area (Å²) in [6, 6.07) is 4.35. The molecule has 1 N–H and O–H groups in total. The molecule has 3 rings (SSSR count). The van der Waals surface area contributed by atoms with Crippen molar-refractivity contribution < 1.29 is 9.59 Å². The molecular formula is C12H14N2O2S2. The van der Waals surface area contributed by atoms with Crippen LogP contribution in [0.4, 0.5) is 0 Å². The Morgan fingerprint density at radius 1 is 1.50 bits per heavy atom. The summed E-state index contributed by atoms with van der Waals surface area (Å²) in [5, 5.41) is 4.95. The maximum atomic E-state index is 11.8. The van der Waals surface area contributed by atoms with Gasteiger partial charge < -0.3 is 10.2 Å². The van der Waals surface area contributed by atoms with Gasteiger partial charge >= 0.3 is 0 Å². The Bertz CT molecular complexity index is 457. The number of thiophene rings is 1. The first-order chi connectivity index (χ1) is 8.74. The lowest BCUT2D eigenvalue weighted by atomic mass is 10.3. The lowest BCUT2D eigenvalue weighted by molar-refractivity contribution is -0.133. The predicted molar refractivity (Wildman–Crippen MR) is 72.4 cm³/mol. The lowest BCUT2D eigenvalue weighted by Gasteiger charge is -2.22. The Hall–Kier alpha value is -1.01. The summed E-state index contributed by atoms with van der Waals surface area (Å²) in [5.41, 5.74) is 0. The summed E-state index contributed by atoms with van der Waals surface area (Å²) in [6.45, 7) is 0.185. The fourth-order valence-electron chi connectivity index (χ4n) is 1.95. The number of hydrogen-bond donors (Lipinski definition) is 1. The van der Waals surface area contributed by atoms with Gasteiger partial charge in [-0.15, -0.1) is 23.1 Å². The van der Waals surface area contributed by atoms with Gasteiger partial charge in [0.15, 0.2) is 0 Å². The van der Waals surface area contributed by atoms with E-state index in [2.05, 4.69) is 5.32 Å². The van der Waals surface area contributed by atoms with E-state index in [9.17, 15) is 9.59 Å². The van der Waals surface area contributed by atoms with Crippen LogP contribution in [0, 0.1) is 0 Å². The van der Waals surface area contributed by atoms with E-state index in [0.29, 0.717) is 11.8 Å². The molecule has 1 atom stereocenters. The van der Waals surface area contributed by atoms with E-state index in [-0.39, 0.29) is 23.7 Å². The number of carbonyl (C=O) groups excluding carboxylic acids is 2. The second kappa shape index (κ2) is 4.93. The summed E-state index contributed by atoms with van der Waals surface area (Å²) < 4.78 is 0. The third-order valence-corrected chi connectivity index (χ3v) is 5.32. The largest absolute Gasteiger partial charge is 0.352 e. The van der Waals surface area contributed by atoms with Gasteiger partial charge in [0.25, 0.3) is 0 Å². The molecule has 0 bridgehead atoms. The van der Waals surface area contributed by atoms with Crippen molar-refractivity contribution in [1.29, 1.82) is 0 Å². The Morgan fingerprint density at radius 2 is 2.33 bits per heavy atom. The number of nitrogens with one attached hydrogen (secondary N) is 1. The van der Waals surface area contributed by atoms with E-state index in [0.717, 1.165) is 17.7 Å². The van der Waals surface area contributed by atoms with Gasteiger partial charge in [-0.1, -0.05) is 6.07 Å². The van der Waals surface area contributed by atoms with Gasteiger partial charge in [0, 0.05) is 10.9 Å². The van der Waals surface area contributed by atoms with Crippen LogP contribution < -0.4 is 5.32 Å². The molecule has 2 fully saturated rings. The van der Waals surface area contributed by atoms with Gasteiger partial charge in [0.2, 0.25) is 11.8 Å².